The van der Waals surface area contributed by atoms with Gasteiger partial charge in [-0.25, -0.2) is 9.97 Å². The van der Waals surface area contributed by atoms with Crippen LogP contribution in [0.3, 0.4) is 0 Å². The third-order valence-corrected chi connectivity index (χ3v) is 16.4. The lowest BCUT2D eigenvalue weighted by molar-refractivity contribution is 1.02. The van der Waals surface area contributed by atoms with Crippen LogP contribution in [-0.2, 0) is 0 Å². The third kappa shape index (κ3) is 4.19. The zero-order valence-corrected chi connectivity index (χ0v) is 32.1. The van der Waals surface area contributed by atoms with Gasteiger partial charge in [-0.1, -0.05) is 152 Å². The first-order valence-corrected chi connectivity index (χ1v) is 21.4. The van der Waals surface area contributed by atoms with E-state index in [1.165, 1.54) is 74.5 Å². The van der Waals surface area contributed by atoms with Crippen LogP contribution in [0, 0.1) is 0 Å². The quantitative estimate of drug-likeness (QED) is 0.180. The molecule has 58 heavy (non-hydrogen) atoms. The Kier molecular flexibility index (Phi) is 6.53. The van der Waals surface area contributed by atoms with Crippen molar-refractivity contribution < 1.29 is 0 Å². The fourth-order valence-electron chi connectivity index (χ4n) is 9.91. The van der Waals surface area contributed by atoms with E-state index in [9.17, 15) is 0 Å². The maximum Gasteiger partial charge on any atom is 0.235 e. The highest BCUT2D eigenvalue weighted by Crippen LogP contribution is 2.84. The molecule has 1 spiro atoms. The molecule has 2 aliphatic rings. The van der Waals surface area contributed by atoms with Crippen molar-refractivity contribution in [3.8, 4) is 50.6 Å². The molecule has 0 atom stereocenters. The van der Waals surface area contributed by atoms with Gasteiger partial charge in [0, 0.05) is 46.7 Å². The molecule has 11 aromatic rings. The van der Waals surface area contributed by atoms with Crippen LogP contribution in [0.2, 0.25) is 0 Å². The molecule has 0 fully saturated rings. The first kappa shape index (κ1) is 31.9. The van der Waals surface area contributed by atoms with E-state index >= 15 is 0 Å². The van der Waals surface area contributed by atoms with Gasteiger partial charge in [0.05, 0.1) is 22.2 Å². The fourth-order valence-corrected chi connectivity index (χ4v) is 14.5. The van der Waals surface area contributed by atoms with Crippen molar-refractivity contribution in [2.24, 2.45) is 0 Å². The number of nitrogens with zero attached hydrogens (tertiary/aromatic N) is 3. The van der Waals surface area contributed by atoms with Crippen molar-refractivity contribution in [1.29, 1.82) is 0 Å². The number of aromatic nitrogens is 3. The molecule has 0 saturated carbocycles. The van der Waals surface area contributed by atoms with Crippen molar-refractivity contribution in [3.05, 3.63) is 200 Å². The summed E-state index contributed by atoms with van der Waals surface area (Å²) in [6.07, 6.45) is 0. The Balaban J connectivity index is 1.05. The van der Waals surface area contributed by atoms with Crippen molar-refractivity contribution in [2.45, 2.75) is 19.6 Å². The maximum atomic E-state index is 5.38. The second-order valence-electron chi connectivity index (χ2n) is 15.3. The molecule has 0 bridgehead atoms. The van der Waals surface area contributed by atoms with E-state index in [0.29, 0.717) is 5.95 Å². The first-order valence-electron chi connectivity index (χ1n) is 19.8. The summed E-state index contributed by atoms with van der Waals surface area (Å²) in [4.78, 5) is 16.4. The Morgan fingerprint density at radius 1 is 0.362 bits per heavy atom. The topological polar surface area (TPSA) is 30.7 Å². The van der Waals surface area contributed by atoms with Crippen LogP contribution in [0.1, 0.15) is 0 Å². The highest BCUT2D eigenvalue weighted by molar-refractivity contribution is 8.34. The average molecular weight is 756 g/mol. The molecular formula is C54H33N3S. The van der Waals surface area contributed by atoms with Crippen LogP contribution < -0.4 is 0 Å². The molecule has 13 rings (SSSR count). The van der Waals surface area contributed by atoms with E-state index in [1.807, 2.05) is 0 Å². The number of rotatable bonds is 3. The van der Waals surface area contributed by atoms with E-state index in [4.69, 9.17) is 9.97 Å². The number of para-hydroxylation sites is 1. The summed E-state index contributed by atoms with van der Waals surface area (Å²) in [5.74, 6) is 0.668. The van der Waals surface area contributed by atoms with E-state index in [0.717, 1.165) is 33.2 Å². The van der Waals surface area contributed by atoms with Crippen molar-refractivity contribution in [2.75, 3.05) is 0 Å². The van der Waals surface area contributed by atoms with Crippen LogP contribution in [0.15, 0.2) is 220 Å². The van der Waals surface area contributed by atoms with Crippen molar-refractivity contribution >= 4 is 53.5 Å². The summed E-state index contributed by atoms with van der Waals surface area (Å²) in [5, 5.41) is 5.76. The van der Waals surface area contributed by atoms with Gasteiger partial charge in [0.2, 0.25) is 5.95 Å². The minimum atomic E-state index is -1.63. The Hall–Kier alpha value is -7.27. The van der Waals surface area contributed by atoms with Crippen LogP contribution >= 0.6 is 10.0 Å². The van der Waals surface area contributed by atoms with Gasteiger partial charge in [0.1, 0.15) is 0 Å². The molecule has 0 N–H and O–H groups in total. The van der Waals surface area contributed by atoms with Crippen LogP contribution in [-0.4, -0.2) is 14.5 Å². The molecular weight excluding hydrogens is 723 g/mol. The lowest BCUT2D eigenvalue weighted by atomic mass is 9.97. The largest absolute Gasteiger partial charge is 0.277 e. The zero-order chi connectivity index (χ0) is 38.0. The Morgan fingerprint density at radius 2 is 0.948 bits per heavy atom. The summed E-state index contributed by atoms with van der Waals surface area (Å²) in [6, 6.07) is 73.5. The molecule has 3 nitrogen and oxygen atoms in total. The monoisotopic (exact) mass is 755 g/mol. The van der Waals surface area contributed by atoms with Gasteiger partial charge in [0.15, 0.2) is 0 Å². The van der Waals surface area contributed by atoms with E-state index < -0.39 is 10.0 Å². The highest BCUT2D eigenvalue weighted by atomic mass is 32.3. The molecule has 0 unspecified atom stereocenters. The van der Waals surface area contributed by atoms with Gasteiger partial charge in [-0.3, -0.25) is 4.57 Å². The first-order chi connectivity index (χ1) is 28.8. The Bertz CT molecular complexity index is 3480. The van der Waals surface area contributed by atoms with Gasteiger partial charge in [0.25, 0.3) is 0 Å². The zero-order valence-electron chi connectivity index (χ0n) is 31.3. The summed E-state index contributed by atoms with van der Waals surface area (Å²) in [7, 11) is -1.63. The van der Waals surface area contributed by atoms with Crippen LogP contribution in [0.25, 0.3) is 94.1 Å². The molecule has 0 radical (unpaired) electrons. The molecule has 4 heteroatoms. The molecule has 0 amide bonds. The van der Waals surface area contributed by atoms with Gasteiger partial charge in [-0.2, -0.15) is 0 Å². The molecule has 2 aromatic heterocycles. The Morgan fingerprint density at radius 3 is 1.71 bits per heavy atom. The lowest BCUT2D eigenvalue weighted by Crippen LogP contribution is -2.03. The van der Waals surface area contributed by atoms with Crippen molar-refractivity contribution in [3.63, 3.8) is 0 Å². The maximum absolute atomic E-state index is 5.38. The van der Waals surface area contributed by atoms with Gasteiger partial charge >= 0.3 is 0 Å². The van der Waals surface area contributed by atoms with E-state index in [2.05, 4.69) is 205 Å². The molecule has 270 valence electrons. The summed E-state index contributed by atoms with van der Waals surface area (Å²) >= 11 is 0. The predicted molar refractivity (Wildman–Crippen MR) is 240 cm³/mol. The number of benzene rings is 9. The third-order valence-electron chi connectivity index (χ3n) is 12.4. The minimum Gasteiger partial charge on any atom is -0.277 e. The molecule has 9 aromatic carbocycles. The number of hydrogen-bond acceptors (Lipinski definition) is 2. The molecule has 0 saturated heterocycles. The Labute approximate surface area is 336 Å². The average Bonchev–Trinajstić information content (AvgIpc) is 3.90. The second kappa shape index (κ2) is 11.9. The second-order valence-corrected chi connectivity index (χ2v) is 18.3. The SMILES string of the molecule is c1ccc(-c2nc(-n3c4ccc(-c5ccc6c(c5)-c5ccccc5S65c6ccccc6-c6ccccc65)cc4c4ccc5ccccc5c43)nc3ccccc23)cc1. The molecule has 4 heterocycles. The standard InChI is InChI=1S/C54H33N3S/c1-2-15-35(16-3-1)52-43-21-6-10-22-46(43)55-54(56-52)57-47-30-27-36(32-44(47)42-29-26-34-14-4-5-17-38(34)53(42)57)37-28-31-51-45(33-37)41-20-9-13-25-50(41)58(51)48-23-11-7-18-39(48)40-19-8-12-24-49(40)58/h1-33H. The number of hydrogen-bond donors (Lipinski definition) is 0. The highest BCUT2D eigenvalue weighted by Gasteiger charge is 2.47. The van der Waals surface area contributed by atoms with E-state index in [-0.39, 0.29) is 0 Å². The number of fused-ring (bicyclic) bond motifs is 16. The van der Waals surface area contributed by atoms with Gasteiger partial charge < -0.3 is 0 Å². The normalized spacial score (nSPS) is 13.9. The summed E-state index contributed by atoms with van der Waals surface area (Å²) < 4.78 is 2.29. The minimum absolute atomic E-state index is 0.668. The summed E-state index contributed by atoms with van der Waals surface area (Å²) in [5.41, 5.74) is 12.9. The van der Waals surface area contributed by atoms with E-state index in [1.54, 1.807) is 0 Å². The smallest absolute Gasteiger partial charge is 0.235 e. The fraction of sp³-hybridized carbons (Fsp3) is 0. The van der Waals surface area contributed by atoms with Crippen LogP contribution in [0.5, 0.6) is 0 Å². The van der Waals surface area contributed by atoms with Crippen LogP contribution in [0.4, 0.5) is 0 Å². The predicted octanol–water partition coefficient (Wildman–Crippen LogP) is 14.5. The van der Waals surface area contributed by atoms with Gasteiger partial charge in [-0.05, 0) is 87.3 Å². The van der Waals surface area contributed by atoms with Gasteiger partial charge in [-0.15, -0.1) is 10.0 Å². The summed E-state index contributed by atoms with van der Waals surface area (Å²) in [6.45, 7) is 0. The lowest BCUT2D eigenvalue weighted by Gasteiger charge is -2.36. The molecule has 2 aliphatic heterocycles. The van der Waals surface area contributed by atoms with Crippen molar-refractivity contribution in [1.82, 2.24) is 14.5 Å². The molecule has 0 aliphatic carbocycles.